The molecule has 0 radical (unpaired) electrons. The standard InChI is InChI=1S/C15H21N3O/c1-13-7-4-5-8-14(13)11-17(2)12-15(19)18(3)10-6-9-16/h4-5,7-8H,6,10-12H2,1-3H3. The number of likely N-dealkylation sites (N-methyl/N-ethyl adjacent to an activating group) is 2. The van der Waals surface area contributed by atoms with E-state index >= 15 is 0 Å². The second-order valence-electron chi connectivity index (χ2n) is 4.82. The van der Waals surface area contributed by atoms with Gasteiger partial charge < -0.3 is 4.90 Å². The van der Waals surface area contributed by atoms with Gasteiger partial charge in [0.05, 0.1) is 19.0 Å². The van der Waals surface area contributed by atoms with E-state index in [4.69, 9.17) is 5.26 Å². The zero-order valence-electron chi connectivity index (χ0n) is 11.9. The Kier molecular flexibility index (Phi) is 6.04. The molecule has 0 heterocycles. The van der Waals surface area contributed by atoms with E-state index in [0.717, 1.165) is 6.54 Å². The van der Waals surface area contributed by atoms with Crippen molar-refractivity contribution in [2.24, 2.45) is 0 Å². The summed E-state index contributed by atoms with van der Waals surface area (Å²) < 4.78 is 0. The number of carbonyl (C=O) groups excluding carboxylic acids is 1. The Labute approximate surface area is 115 Å². The van der Waals surface area contributed by atoms with Crippen molar-refractivity contribution < 1.29 is 4.79 Å². The fraction of sp³-hybridized carbons (Fsp3) is 0.467. The molecule has 0 bridgehead atoms. The third-order valence-corrected chi connectivity index (χ3v) is 3.09. The van der Waals surface area contributed by atoms with Crippen LogP contribution < -0.4 is 0 Å². The summed E-state index contributed by atoms with van der Waals surface area (Å²) in [5.41, 5.74) is 2.47. The predicted octanol–water partition coefficient (Wildman–Crippen LogP) is 1.80. The number of nitrogens with zero attached hydrogens (tertiary/aromatic N) is 3. The maximum Gasteiger partial charge on any atom is 0.236 e. The molecule has 0 aromatic heterocycles. The molecule has 0 saturated carbocycles. The molecule has 102 valence electrons. The Morgan fingerprint density at radius 3 is 2.63 bits per heavy atom. The molecular formula is C15H21N3O. The van der Waals surface area contributed by atoms with Crippen molar-refractivity contribution in [1.29, 1.82) is 5.26 Å². The van der Waals surface area contributed by atoms with E-state index < -0.39 is 0 Å². The Morgan fingerprint density at radius 2 is 2.00 bits per heavy atom. The first-order chi connectivity index (χ1) is 9.04. The van der Waals surface area contributed by atoms with Crippen molar-refractivity contribution in [2.75, 3.05) is 27.2 Å². The van der Waals surface area contributed by atoms with E-state index in [-0.39, 0.29) is 5.91 Å². The molecule has 0 aliphatic heterocycles. The number of nitriles is 1. The highest BCUT2D eigenvalue weighted by Crippen LogP contribution is 2.09. The number of hydrogen-bond donors (Lipinski definition) is 0. The first-order valence-electron chi connectivity index (χ1n) is 6.38. The zero-order valence-corrected chi connectivity index (χ0v) is 11.9. The van der Waals surface area contributed by atoms with Crippen LogP contribution in [0, 0.1) is 18.3 Å². The lowest BCUT2D eigenvalue weighted by Gasteiger charge is -2.21. The third kappa shape index (κ3) is 5.11. The molecule has 1 aromatic rings. The molecule has 1 amide bonds. The summed E-state index contributed by atoms with van der Waals surface area (Å²) in [6.45, 7) is 3.69. The van der Waals surface area contributed by atoms with Crippen LogP contribution in [0.2, 0.25) is 0 Å². The van der Waals surface area contributed by atoms with E-state index in [1.165, 1.54) is 11.1 Å². The lowest BCUT2D eigenvalue weighted by Crippen LogP contribution is -2.36. The van der Waals surface area contributed by atoms with E-state index in [9.17, 15) is 4.79 Å². The van der Waals surface area contributed by atoms with Gasteiger partial charge in [0.15, 0.2) is 0 Å². The van der Waals surface area contributed by atoms with Gasteiger partial charge in [-0.2, -0.15) is 5.26 Å². The maximum absolute atomic E-state index is 11.9. The number of rotatable bonds is 6. The minimum absolute atomic E-state index is 0.0475. The molecule has 0 atom stereocenters. The van der Waals surface area contributed by atoms with Crippen LogP contribution in [-0.2, 0) is 11.3 Å². The summed E-state index contributed by atoms with van der Waals surface area (Å²) in [6, 6.07) is 10.2. The highest BCUT2D eigenvalue weighted by molar-refractivity contribution is 5.77. The van der Waals surface area contributed by atoms with Gasteiger partial charge in [-0.25, -0.2) is 0 Å². The maximum atomic E-state index is 11.9. The lowest BCUT2D eigenvalue weighted by molar-refractivity contribution is -0.130. The quantitative estimate of drug-likeness (QED) is 0.782. The number of aryl methyl sites for hydroxylation is 1. The number of carbonyl (C=O) groups is 1. The molecule has 4 heteroatoms. The number of hydrogen-bond acceptors (Lipinski definition) is 3. The van der Waals surface area contributed by atoms with E-state index in [1.807, 2.05) is 30.1 Å². The van der Waals surface area contributed by atoms with Gasteiger partial charge >= 0.3 is 0 Å². The summed E-state index contributed by atoms with van der Waals surface area (Å²) >= 11 is 0. The van der Waals surface area contributed by atoms with Crippen LogP contribution in [0.15, 0.2) is 24.3 Å². The summed E-state index contributed by atoms with van der Waals surface area (Å²) in [5, 5.41) is 8.51. The summed E-state index contributed by atoms with van der Waals surface area (Å²) in [4.78, 5) is 15.5. The second-order valence-corrected chi connectivity index (χ2v) is 4.82. The van der Waals surface area contributed by atoms with Gasteiger partial charge in [-0.1, -0.05) is 24.3 Å². The van der Waals surface area contributed by atoms with Gasteiger partial charge in [-0.05, 0) is 25.1 Å². The van der Waals surface area contributed by atoms with Gasteiger partial charge in [0.25, 0.3) is 0 Å². The van der Waals surface area contributed by atoms with Crippen LogP contribution in [0.3, 0.4) is 0 Å². The van der Waals surface area contributed by atoms with Crippen molar-refractivity contribution in [3.05, 3.63) is 35.4 Å². The zero-order chi connectivity index (χ0) is 14.3. The average Bonchev–Trinajstić information content (AvgIpc) is 2.38. The van der Waals surface area contributed by atoms with Crippen molar-refractivity contribution in [1.82, 2.24) is 9.80 Å². The van der Waals surface area contributed by atoms with E-state index in [1.54, 1.807) is 11.9 Å². The molecule has 1 rings (SSSR count). The molecular weight excluding hydrogens is 238 g/mol. The van der Waals surface area contributed by atoms with E-state index in [2.05, 4.69) is 19.1 Å². The monoisotopic (exact) mass is 259 g/mol. The van der Waals surface area contributed by atoms with Gasteiger partial charge in [0, 0.05) is 20.1 Å². The molecule has 19 heavy (non-hydrogen) atoms. The minimum Gasteiger partial charge on any atom is -0.344 e. The minimum atomic E-state index is 0.0475. The SMILES string of the molecule is Cc1ccccc1CN(C)CC(=O)N(C)CCC#N. The molecule has 0 fully saturated rings. The van der Waals surface area contributed by atoms with Crippen molar-refractivity contribution in [2.45, 2.75) is 19.9 Å². The van der Waals surface area contributed by atoms with Crippen molar-refractivity contribution in [3.8, 4) is 6.07 Å². The fourth-order valence-electron chi connectivity index (χ4n) is 1.83. The molecule has 0 aliphatic carbocycles. The Hall–Kier alpha value is -1.86. The highest BCUT2D eigenvalue weighted by atomic mass is 16.2. The average molecular weight is 259 g/mol. The van der Waals surface area contributed by atoms with Crippen LogP contribution in [0.5, 0.6) is 0 Å². The summed E-state index contributed by atoms with van der Waals surface area (Å²) in [6.07, 6.45) is 0.379. The van der Waals surface area contributed by atoms with Crippen LogP contribution in [0.4, 0.5) is 0 Å². The number of amides is 1. The van der Waals surface area contributed by atoms with Crippen LogP contribution >= 0.6 is 0 Å². The van der Waals surface area contributed by atoms with Crippen molar-refractivity contribution in [3.63, 3.8) is 0 Å². The van der Waals surface area contributed by atoms with Gasteiger partial charge in [-0.3, -0.25) is 9.69 Å². The van der Waals surface area contributed by atoms with Gasteiger partial charge in [0.1, 0.15) is 0 Å². The molecule has 0 spiro atoms. The van der Waals surface area contributed by atoms with Crippen molar-refractivity contribution >= 4 is 5.91 Å². The normalized spacial score (nSPS) is 10.3. The molecule has 1 aromatic carbocycles. The molecule has 0 unspecified atom stereocenters. The summed E-state index contributed by atoms with van der Waals surface area (Å²) in [5.74, 6) is 0.0475. The van der Waals surface area contributed by atoms with Gasteiger partial charge in [-0.15, -0.1) is 0 Å². The largest absolute Gasteiger partial charge is 0.344 e. The summed E-state index contributed by atoms with van der Waals surface area (Å²) in [7, 11) is 3.67. The molecule has 0 saturated heterocycles. The highest BCUT2D eigenvalue weighted by Gasteiger charge is 2.12. The van der Waals surface area contributed by atoms with Crippen LogP contribution in [0.25, 0.3) is 0 Å². The van der Waals surface area contributed by atoms with Gasteiger partial charge in [0.2, 0.25) is 5.91 Å². The topological polar surface area (TPSA) is 47.3 Å². The third-order valence-electron chi connectivity index (χ3n) is 3.09. The predicted molar refractivity (Wildman–Crippen MR) is 75.4 cm³/mol. The smallest absolute Gasteiger partial charge is 0.236 e. The number of benzene rings is 1. The van der Waals surface area contributed by atoms with Crippen LogP contribution in [0.1, 0.15) is 17.5 Å². The fourth-order valence-corrected chi connectivity index (χ4v) is 1.83. The molecule has 4 nitrogen and oxygen atoms in total. The molecule has 0 aliphatic rings. The molecule has 0 N–H and O–H groups in total. The Balaban J connectivity index is 2.47. The van der Waals surface area contributed by atoms with Crippen LogP contribution in [-0.4, -0.2) is 42.9 Å². The van der Waals surface area contributed by atoms with E-state index in [0.29, 0.717) is 19.5 Å². The second kappa shape index (κ2) is 7.55. The Morgan fingerprint density at radius 1 is 1.32 bits per heavy atom. The first kappa shape index (κ1) is 15.2. The lowest BCUT2D eigenvalue weighted by atomic mass is 10.1. The first-order valence-corrected chi connectivity index (χ1v) is 6.38. The Bertz CT molecular complexity index is 465.